The topological polar surface area (TPSA) is 26.0 Å². The van der Waals surface area contributed by atoms with E-state index in [1.807, 2.05) is 0 Å². The molecule has 0 saturated heterocycles. The highest BCUT2D eigenvalue weighted by Gasteiger charge is 2.06. The third kappa shape index (κ3) is 5.24. The molecule has 1 aromatic rings. The van der Waals surface area contributed by atoms with E-state index in [1.165, 1.54) is 16.9 Å². The van der Waals surface area contributed by atoms with Crippen molar-refractivity contribution in [3.8, 4) is 0 Å². The molecule has 0 fully saturated rings. The van der Waals surface area contributed by atoms with Crippen LogP contribution < -0.4 is 5.73 Å². The van der Waals surface area contributed by atoms with Crippen molar-refractivity contribution >= 4 is 24.2 Å². The van der Waals surface area contributed by atoms with Gasteiger partial charge in [-0.15, -0.1) is 24.2 Å². The summed E-state index contributed by atoms with van der Waals surface area (Å²) in [5, 5.41) is 0. The van der Waals surface area contributed by atoms with Crippen molar-refractivity contribution in [3.63, 3.8) is 0 Å². The Bertz CT molecular complexity index is 284. The van der Waals surface area contributed by atoms with E-state index in [0.29, 0.717) is 0 Å². The van der Waals surface area contributed by atoms with Gasteiger partial charge in [0.25, 0.3) is 0 Å². The molecule has 1 nitrogen and oxygen atoms in total. The lowest BCUT2D eigenvalue weighted by atomic mass is 9.98. The Morgan fingerprint density at radius 2 is 1.69 bits per heavy atom. The molecule has 2 N–H and O–H groups in total. The Morgan fingerprint density at radius 3 is 2.12 bits per heavy atom. The summed E-state index contributed by atoms with van der Waals surface area (Å²) in [6.07, 6.45) is 4.37. The second-order valence-corrected chi connectivity index (χ2v) is 5.23. The summed E-state index contributed by atoms with van der Waals surface area (Å²) in [7, 11) is 0. The molecular formula is C13H22ClNS. The first-order chi connectivity index (χ1) is 7.13. The van der Waals surface area contributed by atoms with Gasteiger partial charge in [-0.3, -0.25) is 0 Å². The van der Waals surface area contributed by atoms with Gasteiger partial charge < -0.3 is 5.73 Å². The molecule has 0 spiro atoms. The number of hydrogen-bond acceptors (Lipinski definition) is 2. The first-order valence-corrected chi connectivity index (χ1v) is 6.75. The van der Waals surface area contributed by atoms with Gasteiger partial charge in [-0.05, 0) is 42.7 Å². The number of hydrogen-bond donors (Lipinski definition) is 1. The van der Waals surface area contributed by atoms with Crippen molar-refractivity contribution in [2.24, 2.45) is 11.7 Å². The van der Waals surface area contributed by atoms with Crippen LogP contribution in [0.15, 0.2) is 29.2 Å². The highest BCUT2D eigenvalue weighted by atomic mass is 35.5. The van der Waals surface area contributed by atoms with Crippen LogP contribution in [0.3, 0.4) is 0 Å². The average Bonchev–Trinajstić information content (AvgIpc) is 2.26. The van der Waals surface area contributed by atoms with E-state index in [9.17, 15) is 0 Å². The fraction of sp³-hybridized carbons (Fsp3) is 0.538. The van der Waals surface area contributed by atoms with Gasteiger partial charge in [0, 0.05) is 10.9 Å². The summed E-state index contributed by atoms with van der Waals surface area (Å²) >= 11 is 1.77. The fourth-order valence-corrected chi connectivity index (χ4v) is 1.94. The van der Waals surface area contributed by atoms with E-state index >= 15 is 0 Å². The zero-order valence-electron chi connectivity index (χ0n) is 10.3. The van der Waals surface area contributed by atoms with Crippen LogP contribution in [-0.4, -0.2) is 6.26 Å². The molecule has 0 aliphatic heterocycles. The van der Waals surface area contributed by atoms with Gasteiger partial charge in [0.1, 0.15) is 0 Å². The second kappa shape index (κ2) is 7.99. The molecule has 0 aromatic heterocycles. The summed E-state index contributed by atoms with van der Waals surface area (Å²) in [4.78, 5) is 1.30. The van der Waals surface area contributed by atoms with Gasteiger partial charge in [-0.25, -0.2) is 0 Å². The molecule has 0 radical (unpaired) electrons. The molecule has 0 amide bonds. The normalized spacial score (nSPS) is 12.3. The third-order valence-corrected chi connectivity index (χ3v) is 3.34. The van der Waals surface area contributed by atoms with Crippen LogP contribution in [0.4, 0.5) is 0 Å². The van der Waals surface area contributed by atoms with Crippen molar-refractivity contribution in [2.75, 3.05) is 6.26 Å². The smallest absolute Gasteiger partial charge is 0.0294 e. The summed E-state index contributed by atoms with van der Waals surface area (Å²) in [5.74, 6) is 0.738. The number of rotatable bonds is 5. The molecule has 0 unspecified atom stereocenters. The number of thioether (sulfide) groups is 1. The van der Waals surface area contributed by atoms with Crippen LogP contribution in [-0.2, 0) is 0 Å². The van der Waals surface area contributed by atoms with E-state index in [4.69, 9.17) is 5.73 Å². The number of nitrogens with two attached hydrogens (primary N) is 1. The molecule has 1 aromatic carbocycles. The maximum Gasteiger partial charge on any atom is 0.0294 e. The van der Waals surface area contributed by atoms with E-state index in [-0.39, 0.29) is 18.4 Å². The van der Waals surface area contributed by atoms with E-state index in [1.54, 1.807) is 11.8 Å². The summed E-state index contributed by atoms with van der Waals surface area (Å²) in [6, 6.07) is 8.79. The van der Waals surface area contributed by atoms with Crippen LogP contribution in [0, 0.1) is 5.92 Å². The lowest BCUT2D eigenvalue weighted by molar-refractivity contribution is 0.507. The Hall–Kier alpha value is -0.180. The largest absolute Gasteiger partial charge is 0.324 e. The predicted octanol–water partition coefficient (Wildman–Crippen LogP) is 4.27. The monoisotopic (exact) mass is 259 g/mol. The second-order valence-electron chi connectivity index (χ2n) is 4.35. The van der Waals surface area contributed by atoms with Crippen molar-refractivity contribution in [2.45, 2.75) is 37.6 Å². The maximum absolute atomic E-state index is 6.13. The van der Waals surface area contributed by atoms with E-state index < -0.39 is 0 Å². The van der Waals surface area contributed by atoms with Gasteiger partial charge in [0.15, 0.2) is 0 Å². The molecule has 3 heteroatoms. The fourth-order valence-electron chi connectivity index (χ4n) is 1.53. The SMILES string of the molecule is CSc1ccc([C@H](N)CCC(C)C)cc1.Cl. The van der Waals surface area contributed by atoms with E-state index in [2.05, 4.69) is 44.4 Å². The van der Waals surface area contributed by atoms with Crippen LogP contribution in [0.1, 0.15) is 38.3 Å². The van der Waals surface area contributed by atoms with Gasteiger partial charge in [-0.2, -0.15) is 0 Å². The number of halogens is 1. The van der Waals surface area contributed by atoms with E-state index in [0.717, 1.165) is 12.3 Å². The molecule has 1 atom stereocenters. The summed E-state index contributed by atoms with van der Waals surface area (Å²) < 4.78 is 0. The van der Waals surface area contributed by atoms with Crippen molar-refractivity contribution < 1.29 is 0 Å². The van der Waals surface area contributed by atoms with Gasteiger partial charge >= 0.3 is 0 Å². The Morgan fingerprint density at radius 1 is 1.12 bits per heavy atom. The van der Waals surface area contributed by atoms with Crippen LogP contribution in [0.5, 0.6) is 0 Å². The molecule has 0 aliphatic carbocycles. The minimum Gasteiger partial charge on any atom is -0.324 e. The lowest BCUT2D eigenvalue weighted by Crippen LogP contribution is -2.11. The molecule has 0 bridgehead atoms. The van der Waals surface area contributed by atoms with Crippen molar-refractivity contribution in [1.29, 1.82) is 0 Å². The first-order valence-electron chi connectivity index (χ1n) is 5.53. The average molecular weight is 260 g/mol. The van der Waals surface area contributed by atoms with Crippen molar-refractivity contribution in [1.82, 2.24) is 0 Å². The third-order valence-electron chi connectivity index (χ3n) is 2.60. The summed E-state index contributed by atoms with van der Waals surface area (Å²) in [6.45, 7) is 4.48. The van der Waals surface area contributed by atoms with Crippen LogP contribution in [0.2, 0.25) is 0 Å². The molecule has 16 heavy (non-hydrogen) atoms. The summed E-state index contributed by atoms with van der Waals surface area (Å²) in [5.41, 5.74) is 7.39. The molecule has 1 rings (SSSR count). The zero-order valence-corrected chi connectivity index (χ0v) is 11.9. The van der Waals surface area contributed by atoms with Gasteiger partial charge in [0.05, 0.1) is 0 Å². The lowest BCUT2D eigenvalue weighted by Gasteiger charge is -2.13. The highest BCUT2D eigenvalue weighted by molar-refractivity contribution is 7.98. The quantitative estimate of drug-likeness (QED) is 0.800. The molecule has 0 heterocycles. The van der Waals surface area contributed by atoms with Gasteiger partial charge in [0.2, 0.25) is 0 Å². The minimum atomic E-state index is 0. The highest BCUT2D eigenvalue weighted by Crippen LogP contribution is 2.21. The number of benzene rings is 1. The Labute approximate surface area is 110 Å². The maximum atomic E-state index is 6.13. The predicted molar refractivity (Wildman–Crippen MR) is 76.5 cm³/mol. The zero-order chi connectivity index (χ0) is 11.3. The van der Waals surface area contributed by atoms with Crippen LogP contribution in [0.25, 0.3) is 0 Å². The minimum absolute atomic E-state index is 0. The van der Waals surface area contributed by atoms with Crippen molar-refractivity contribution in [3.05, 3.63) is 29.8 Å². The Balaban J connectivity index is 0.00000225. The molecular weight excluding hydrogens is 238 g/mol. The molecule has 92 valence electrons. The standard InChI is InChI=1S/C13H21NS.ClH/c1-10(2)4-9-13(14)11-5-7-12(15-3)8-6-11;/h5-8,10,13H,4,9,14H2,1-3H3;1H/t13-;/m1./s1. The Kier molecular flexibility index (Phi) is 7.90. The molecule has 0 aliphatic rings. The first kappa shape index (κ1) is 15.8. The van der Waals surface area contributed by atoms with Crippen LogP contribution >= 0.6 is 24.2 Å². The van der Waals surface area contributed by atoms with Gasteiger partial charge in [-0.1, -0.05) is 26.0 Å². The molecule has 0 saturated carbocycles.